The van der Waals surface area contributed by atoms with Crippen LogP contribution in [0, 0.1) is 5.92 Å². The van der Waals surface area contributed by atoms with Crippen LogP contribution in [0.25, 0.3) is 0 Å². The molecule has 0 aliphatic carbocycles. The van der Waals surface area contributed by atoms with Gasteiger partial charge in [-0.15, -0.1) is 0 Å². The molecule has 170 valence electrons. The van der Waals surface area contributed by atoms with Crippen molar-refractivity contribution in [3.8, 4) is 5.75 Å². The predicted octanol–water partition coefficient (Wildman–Crippen LogP) is 4.86. The summed E-state index contributed by atoms with van der Waals surface area (Å²) >= 11 is 6.11. The molecule has 6 heteroatoms. The molecular weight excluding hydrogens is 436 g/mol. The molecule has 1 aliphatic rings. The fourth-order valence-corrected chi connectivity index (χ4v) is 4.64. The Bertz CT molecular complexity index is 1130. The van der Waals surface area contributed by atoms with Crippen LogP contribution in [0.15, 0.2) is 78.9 Å². The van der Waals surface area contributed by atoms with Gasteiger partial charge in [-0.25, -0.2) is 0 Å². The van der Waals surface area contributed by atoms with E-state index in [4.69, 9.17) is 16.3 Å². The number of rotatable bonds is 6. The quantitative estimate of drug-likeness (QED) is 0.525. The molecule has 2 amide bonds. The van der Waals surface area contributed by atoms with Gasteiger partial charge in [0.05, 0.1) is 13.0 Å². The average molecular weight is 463 g/mol. The molecule has 3 aromatic rings. The molecule has 5 nitrogen and oxygen atoms in total. The number of nitrogens with zero attached hydrogens (tertiary/aromatic N) is 2. The van der Waals surface area contributed by atoms with Gasteiger partial charge < -0.3 is 14.5 Å². The topological polar surface area (TPSA) is 49.9 Å². The number of carbonyl (C=O) groups is 2. The molecule has 0 unspecified atom stereocenters. The first-order chi connectivity index (χ1) is 16.0. The van der Waals surface area contributed by atoms with Crippen molar-refractivity contribution in [1.82, 2.24) is 9.80 Å². The Hall–Kier alpha value is -3.31. The average Bonchev–Trinajstić information content (AvgIpc) is 3.29. The highest BCUT2D eigenvalue weighted by atomic mass is 35.5. The third kappa shape index (κ3) is 5.20. The van der Waals surface area contributed by atoms with Crippen molar-refractivity contribution >= 4 is 23.4 Å². The summed E-state index contributed by atoms with van der Waals surface area (Å²) in [5, 5.41) is 0.514. The van der Waals surface area contributed by atoms with Gasteiger partial charge in [0.25, 0.3) is 5.91 Å². The van der Waals surface area contributed by atoms with Crippen molar-refractivity contribution in [2.24, 2.45) is 5.92 Å². The van der Waals surface area contributed by atoms with Crippen molar-refractivity contribution in [2.75, 3.05) is 27.2 Å². The molecule has 1 heterocycles. The molecule has 3 aromatic carbocycles. The second-order valence-electron chi connectivity index (χ2n) is 8.39. The van der Waals surface area contributed by atoms with Crippen molar-refractivity contribution in [1.29, 1.82) is 0 Å². The summed E-state index contributed by atoms with van der Waals surface area (Å²) in [7, 11) is 3.44. The number of carbonyl (C=O) groups excluding carboxylic acids is 2. The first kappa shape index (κ1) is 22.9. The Kier molecular flexibility index (Phi) is 6.99. The van der Waals surface area contributed by atoms with E-state index in [1.807, 2.05) is 61.6 Å². The summed E-state index contributed by atoms with van der Waals surface area (Å²) in [6.07, 6.45) is 0. The highest BCUT2D eigenvalue weighted by Crippen LogP contribution is 2.36. The van der Waals surface area contributed by atoms with E-state index < -0.39 is 0 Å². The summed E-state index contributed by atoms with van der Waals surface area (Å²) in [6, 6.07) is 24.6. The number of likely N-dealkylation sites (tertiary alicyclic amines) is 1. The lowest BCUT2D eigenvalue weighted by atomic mass is 9.88. The highest BCUT2D eigenvalue weighted by molar-refractivity contribution is 6.30. The summed E-state index contributed by atoms with van der Waals surface area (Å²) in [6.45, 7) is 1.32. The minimum atomic E-state index is -0.353. The third-order valence-electron chi connectivity index (χ3n) is 6.16. The van der Waals surface area contributed by atoms with E-state index in [0.29, 0.717) is 30.2 Å². The lowest BCUT2D eigenvalue weighted by molar-refractivity contribution is -0.134. The predicted molar refractivity (Wildman–Crippen MR) is 129 cm³/mol. The molecular formula is C27H27ClN2O3. The molecule has 0 spiro atoms. The zero-order valence-corrected chi connectivity index (χ0v) is 19.5. The van der Waals surface area contributed by atoms with Crippen LogP contribution in [0.1, 0.15) is 27.4 Å². The van der Waals surface area contributed by atoms with Gasteiger partial charge in [0, 0.05) is 43.2 Å². The van der Waals surface area contributed by atoms with Crippen LogP contribution in [-0.4, -0.2) is 48.9 Å². The lowest BCUT2D eigenvalue weighted by Crippen LogP contribution is -2.36. The van der Waals surface area contributed by atoms with Crippen molar-refractivity contribution < 1.29 is 14.3 Å². The largest absolute Gasteiger partial charge is 0.497 e. The molecule has 1 fully saturated rings. The van der Waals surface area contributed by atoms with E-state index in [0.717, 1.165) is 16.9 Å². The van der Waals surface area contributed by atoms with Gasteiger partial charge in [0.1, 0.15) is 5.75 Å². The van der Waals surface area contributed by atoms with Gasteiger partial charge in [-0.3, -0.25) is 9.59 Å². The van der Waals surface area contributed by atoms with E-state index in [1.54, 1.807) is 41.2 Å². The van der Waals surface area contributed by atoms with Crippen LogP contribution < -0.4 is 4.74 Å². The zero-order valence-electron chi connectivity index (χ0n) is 18.8. The van der Waals surface area contributed by atoms with E-state index in [-0.39, 0.29) is 23.7 Å². The molecule has 0 N–H and O–H groups in total. The maximum absolute atomic E-state index is 13.6. The number of ether oxygens (including phenoxy) is 1. The van der Waals surface area contributed by atoms with Gasteiger partial charge in [-0.1, -0.05) is 60.1 Å². The molecule has 0 radical (unpaired) electrons. The summed E-state index contributed by atoms with van der Waals surface area (Å²) in [4.78, 5) is 30.3. The fraction of sp³-hybridized carbons (Fsp3) is 0.259. The van der Waals surface area contributed by atoms with E-state index >= 15 is 0 Å². The standard InChI is InChI=1S/C27H27ClN2O3/c1-29(16-19-8-4-3-5-9-19)27(32)25-18-30(26(31)21-11-6-12-22(28)14-21)17-24(25)20-10-7-13-23(15-20)33-2/h3-15,24-25H,16-18H2,1-2H3/t24-,25-/m0/s1. The molecule has 33 heavy (non-hydrogen) atoms. The van der Waals surface area contributed by atoms with Crippen molar-refractivity contribution in [3.63, 3.8) is 0 Å². The number of hydrogen-bond donors (Lipinski definition) is 0. The molecule has 1 saturated heterocycles. The minimum Gasteiger partial charge on any atom is -0.497 e. The fourth-order valence-electron chi connectivity index (χ4n) is 4.45. The summed E-state index contributed by atoms with van der Waals surface area (Å²) in [5.74, 6) is 0.151. The van der Waals surface area contributed by atoms with Crippen molar-refractivity contribution in [3.05, 3.63) is 101 Å². The third-order valence-corrected chi connectivity index (χ3v) is 6.39. The Balaban J connectivity index is 1.61. The van der Waals surface area contributed by atoms with Gasteiger partial charge in [0.2, 0.25) is 5.91 Å². The Morgan fingerprint density at radius 3 is 2.48 bits per heavy atom. The zero-order chi connectivity index (χ0) is 23.4. The van der Waals surface area contributed by atoms with Crippen LogP contribution in [-0.2, 0) is 11.3 Å². The molecule has 0 saturated carbocycles. The molecule has 1 aliphatic heterocycles. The smallest absolute Gasteiger partial charge is 0.253 e. The number of halogens is 1. The normalized spacial score (nSPS) is 17.6. The second-order valence-corrected chi connectivity index (χ2v) is 8.83. The maximum Gasteiger partial charge on any atom is 0.253 e. The number of hydrogen-bond acceptors (Lipinski definition) is 3. The highest BCUT2D eigenvalue weighted by Gasteiger charge is 2.41. The molecule has 4 rings (SSSR count). The molecule has 0 aromatic heterocycles. The summed E-state index contributed by atoms with van der Waals surface area (Å²) < 4.78 is 5.40. The molecule has 2 atom stereocenters. The number of methoxy groups -OCH3 is 1. The molecule has 0 bridgehead atoms. The van der Waals surface area contributed by atoms with Crippen LogP contribution >= 0.6 is 11.6 Å². The van der Waals surface area contributed by atoms with Gasteiger partial charge in [-0.2, -0.15) is 0 Å². The Morgan fingerprint density at radius 1 is 1.00 bits per heavy atom. The van der Waals surface area contributed by atoms with Gasteiger partial charge >= 0.3 is 0 Å². The minimum absolute atomic E-state index is 0.0214. The van der Waals surface area contributed by atoms with E-state index in [2.05, 4.69) is 0 Å². The van der Waals surface area contributed by atoms with Crippen LogP contribution in [0.5, 0.6) is 5.75 Å². The Labute approximate surface area is 199 Å². The van der Waals surface area contributed by atoms with Crippen LogP contribution in [0.2, 0.25) is 5.02 Å². The van der Waals surface area contributed by atoms with Gasteiger partial charge in [-0.05, 0) is 41.5 Å². The monoisotopic (exact) mass is 462 g/mol. The van der Waals surface area contributed by atoms with Crippen LogP contribution in [0.3, 0.4) is 0 Å². The van der Waals surface area contributed by atoms with E-state index in [1.165, 1.54) is 0 Å². The van der Waals surface area contributed by atoms with E-state index in [9.17, 15) is 9.59 Å². The number of amides is 2. The first-order valence-corrected chi connectivity index (χ1v) is 11.3. The summed E-state index contributed by atoms with van der Waals surface area (Å²) in [5.41, 5.74) is 2.58. The number of benzene rings is 3. The lowest BCUT2D eigenvalue weighted by Gasteiger charge is -2.25. The maximum atomic E-state index is 13.6. The second kappa shape index (κ2) is 10.1. The Morgan fingerprint density at radius 2 is 1.76 bits per heavy atom. The first-order valence-electron chi connectivity index (χ1n) is 10.9. The van der Waals surface area contributed by atoms with Gasteiger partial charge in [0.15, 0.2) is 0 Å². The van der Waals surface area contributed by atoms with Crippen LogP contribution in [0.4, 0.5) is 0 Å². The van der Waals surface area contributed by atoms with Crippen molar-refractivity contribution in [2.45, 2.75) is 12.5 Å². The SMILES string of the molecule is COc1cccc([C@@H]2CN(C(=O)c3cccc(Cl)c3)C[C@@H]2C(=O)N(C)Cc2ccccc2)c1.